The lowest BCUT2D eigenvalue weighted by atomic mass is 10.1. The molecule has 1 unspecified atom stereocenters. The average molecular weight is 300 g/mol. The summed E-state index contributed by atoms with van der Waals surface area (Å²) in [4.78, 5) is 26.1. The van der Waals surface area contributed by atoms with Gasteiger partial charge >= 0.3 is 5.97 Å². The molecule has 0 aliphatic heterocycles. The van der Waals surface area contributed by atoms with Crippen LogP contribution in [0.5, 0.6) is 0 Å². The summed E-state index contributed by atoms with van der Waals surface area (Å²) in [6, 6.07) is 1.95. The maximum Gasteiger partial charge on any atom is 0.308 e. The average Bonchev–Trinajstić information content (AvgIpc) is 2.38. The monoisotopic (exact) mass is 300 g/mol. The van der Waals surface area contributed by atoms with E-state index in [0.717, 1.165) is 6.26 Å². The third kappa shape index (κ3) is 4.61. The zero-order chi connectivity index (χ0) is 15.2. The van der Waals surface area contributed by atoms with Crippen molar-refractivity contribution in [3.63, 3.8) is 0 Å². The van der Waals surface area contributed by atoms with E-state index in [4.69, 9.17) is 4.74 Å². The number of pyridine rings is 1. The number of nitrogens with zero attached hydrogens (tertiary/aromatic N) is 1. The number of sulfone groups is 1. The van der Waals surface area contributed by atoms with Crippen LogP contribution in [0.3, 0.4) is 0 Å². The van der Waals surface area contributed by atoms with E-state index in [2.05, 4.69) is 10.3 Å². The Kier molecular flexibility index (Phi) is 5.63. The summed E-state index contributed by atoms with van der Waals surface area (Å²) in [5, 5.41) is 2.43. The molecule has 1 rings (SSSR count). The van der Waals surface area contributed by atoms with Crippen molar-refractivity contribution in [3.05, 3.63) is 24.0 Å². The third-order valence-corrected chi connectivity index (χ3v) is 3.59. The zero-order valence-electron chi connectivity index (χ0n) is 11.2. The van der Waals surface area contributed by atoms with E-state index >= 15 is 0 Å². The van der Waals surface area contributed by atoms with Crippen molar-refractivity contribution in [1.82, 2.24) is 10.3 Å². The summed E-state index contributed by atoms with van der Waals surface area (Å²) in [5.74, 6) is -0.501. The molecule has 1 atom stereocenters. The number of carbonyl (C=O) groups is 2. The van der Waals surface area contributed by atoms with Crippen molar-refractivity contribution in [2.45, 2.75) is 24.3 Å². The predicted octanol–water partition coefficient (Wildman–Crippen LogP) is 0.225. The highest BCUT2D eigenvalue weighted by Gasteiger charge is 2.19. The number of amides is 1. The first-order valence-corrected chi connectivity index (χ1v) is 7.79. The minimum absolute atomic E-state index is 0.0732. The van der Waals surface area contributed by atoms with Crippen LogP contribution in [0.2, 0.25) is 0 Å². The first-order valence-electron chi connectivity index (χ1n) is 5.89. The van der Waals surface area contributed by atoms with Gasteiger partial charge in [-0.3, -0.25) is 14.6 Å². The minimum Gasteiger partial charge on any atom is -0.466 e. The topological polar surface area (TPSA) is 102 Å². The van der Waals surface area contributed by atoms with E-state index in [1.54, 1.807) is 6.92 Å². The van der Waals surface area contributed by atoms with Crippen molar-refractivity contribution >= 4 is 22.2 Å². The summed E-state index contributed by atoms with van der Waals surface area (Å²) in [6.45, 7) is 1.89. The van der Waals surface area contributed by atoms with Gasteiger partial charge in [-0.05, 0) is 19.1 Å². The quantitative estimate of drug-likeness (QED) is 0.571. The number of nitrogens with one attached hydrogen (secondary N) is 1. The zero-order valence-corrected chi connectivity index (χ0v) is 12.0. The van der Waals surface area contributed by atoms with Crippen molar-refractivity contribution in [2.24, 2.45) is 0 Å². The fraction of sp³-hybridized carbons (Fsp3) is 0.417. The Balaban J connectivity index is 3.03. The molecular formula is C12H16N2O5S. The lowest BCUT2D eigenvalue weighted by molar-refractivity contribution is -0.143. The Morgan fingerprint density at radius 3 is 2.80 bits per heavy atom. The molecule has 8 heteroatoms. The Labute approximate surface area is 117 Å². The molecule has 0 aromatic carbocycles. The number of hydrogen-bond donors (Lipinski definition) is 1. The molecule has 0 fully saturated rings. The maximum atomic E-state index is 11.5. The number of esters is 1. The molecule has 0 radical (unpaired) electrons. The van der Waals surface area contributed by atoms with Gasteiger partial charge in [-0.2, -0.15) is 0 Å². The molecule has 1 aromatic heterocycles. The van der Waals surface area contributed by atoms with Crippen LogP contribution in [-0.4, -0.2) is 38.6 Å². The summed E-state index contributed by atoms with van der Waals surface area (Å²) in [5.41, 5.74) is 0.285. The van der Waals surface area contributed by atoms with Gasteiger partial charge in [0, 0.05) is 12.5 Å². The van der Waals surface area contributed by atoms with Crippen molar-refractivity contribution in [1.29, 1.82) is 0 Å². The molecule has 110 valence electrons. The molecule has 0 aliphatic rings. The highest BCUT2D eigenvalue weighted by molar-refractivity contribution is 7.90. The van der Waals surface area contributed by atoms with Gasteiger partial charge in [0.2, 0.25) is 6.41 Å². The molecule has 20 heavy (non-hydrogen) atoms. The Bertz CT molecular complexity index is 585. The van der Waals surface area contributed by atoms with E-state index in [0.29, 0.717) is 6.41 Å². The molecular weight excluding hydrogens is 284 g/mol. The second-order valence-corrected chi connectivity index (χ2v) is 6.05. The van der Waals surface area contributed by atoms with Crippen molar-refractivity contribution in [2.75, 3.05) is 12.9 Å². The smallest absolute Gasteiger partial charge is 0.308 e. The maximum absolute atomic E-state index is 11.5. The lowest BCUT2D eigenvalue weighted by Gasteiger charge is -2.15. The molecule has 0 spiro atoms. The molecule has 1 aromatic rings. The van der Waals surface area contributed by atoms with Crippen LogP contribution >= 0.6 is 0 Å². The second-order valence-electron chi connectivity index (χ2n) is 4.03. The van der Waals surface area contributed by atoms with Gasteiger partial charge in [0.05, 0.1) is 29.7 Å². The van der Waals surface area contributed by atoms with Crippen LogP contribution in [0.4, 0.5) is 0 Å². The lowest BCUT2D eigenvalue weighted by Crippen LogP contribution is -2.24. The number of hydrogen-bond acceptors (Lipinski definition) is 6. The van der Waals surface area contributed by atoms with Crippen LogP contribution in [-0.2, 0) is 24.2 Å². The number of rotatable bonds is 7. The van der Waals surface area contributed by atoms with E-state index in [1.807, 2.05) is 0 Å². The highest BCUT2D eigenvalue weighted by Crippen LogP contribution is 2.18. The highest BCUT2D eigenvalue weighted by atomic mass is 32.2. The molecule has 0 bridgehead atoms. The van der Waals surface area contributed by atoms with Crippen molar-refractivity contribution < 1.29 is 22.7 Å². The summed E-state index contributed by atoms with van der Waals surface area (Å²) >= 11 is 0. The molecule has 1 N–H and O–H groups in total. The van der Waals surface area contributed by atoms with Gasteiger partial charge in [-0.25, -0.2) is 8.42 Å². The van der Waals surface area contributed by atoms with Gasteiger partial charge in [-0.1, -0.05) is 0 Å². The largest absolute Gasteiger partial charge is 0.466 e. The van der Waals surface area contributed by atoms with Crippen LogP contribution in [0.25, 0.3) is 0 Å². The van der Waals surface area contributed by atoms with Crippen LogP contribution in [0.1, 0.15) is 25.1 Å². The predicted molar refractivity (Wildman–Crippen MR) is 70.5 cm³/mol. The fourth-order valence-electron chi connectivity index (χ4n) is 1.57. The van der Waals surface area contributed by atoms with Gasteiger partial charge < -0.3 is 10.1 Å². The van der Waals surface area contributed by atoms with Gasteiger partial charge in [0.15, 0.2) is 9.84 Å². The van der Waals surface area contributed by atoms with Crippen molar-refractivity contribution in [3.8, 4) is 0 Å². The Morgan fingerprint density at radius 2 is 2.25 bits per heavy atom. The Morgan fingerprint density at radius 1 is 1.55 bits per heavy atom. The number of carbonyl (C=O) groups excluding carboxylic acids is 2. The van der Waals surface area contributed by atoms with Crippen LogP contribution in [0.15, 0.2) is 23.2 Å². The Hall–Kier alpha value is -1.96. The molecule has 1 heterocycles. The van der Waals surface area contributed by atoms with Gasteiger partial charge in [0.1, 0.15) is 0 Å². The third-order valence-electron chi connectivity index (χ3n) is 2.48. The molecule has 0 saturated carbocycles. The summed E-state index contributed by atoms with van der Waals surface area (Å²) in [7, 11) is -3.38. The standard InChI is InChI=1S/C12H16N2O5S/c1-3-19-12(16)7-11(14-8-15)10-6-9(4-5-13-10)20(2,17)18/h4-6,8,11H,3,7H2,1-2H3,(H,14,15). The van der Waals surface area contributed by atoms with E-state index in [-0.39, 0.29) is 23.6 Å². The number of ether oxygens (including phenoxy) is 1. The normalized spacial score (nSPS) is 12.5. The van der Waals surface area contributed by atoms with Crippen LogP contribution in [0, 0.1) is 0 Å². The van der Waals surface area contributed by atoms with Gasteiger partial charge in [-0.15, -0.1) is 0 Å². The minimum atomic E-state index is -3.38. The van der Waals surface area contributed by atoms with E-state index < -0.39 is 21.8 Å². The van der Waals surface area contributed by atoms with E-state index in [9.17, 15) is 18.0 Å². The summed E-state index contributed by atoms with van der Waals surface area (Å²) in [6.07, 6.45) is 2.70. The fourth-order valence-corrected chi connectivity index (χ4v) is 2.21. The van der Waals surface area contributed by atoms with Gasteiger partial charge in [0.25, 0.3) is 0 Å². The molecule has 1 amide bonds. The van der Waals surface area contributed by atoms with Crippen LogP contribution < -0.4 is 5.32 Å². The SMILES string of the molecule is CCOC(=O)CC(NC=O)c1cc(S(C)(=O)=O)ccn1. The first kappa shape index (κ1) is 16.1. The first-order chi connectivity index (χ1) is 9.38. The molecule has 0 saturated heterocycles. The number of aromatic nitrogens is 1. The molecule has 0 aliphatic carbocycles. The van der Waals surface area contributed by atoms with E-state index in [1.165, 1.54) is 18.3 Å². The molecule has 7 nitrogen and oxygen atoms in total. The summed E-state index contributed by atoms with van der Waals surface area (Å²) < 4.78 is 27.8. The second kappa shape index (κ2) is 6.99.